The van der Waals surface area contributed by atoms with Gasteiger partial charge in [0.05, 0.1) is 95.3 Å². The number of ether oxygens (including phenoxy) is 4. The van der Waals surface area contributed by atoms with Crippen LogP contribution in [0, 0.1) is 5.92 Å². The van der Waals surface area contributed by atoms with Gasteiger partial charge < -0.3 is 34.5 Å². The van der Waals surface area contributed by atoms with Gasteiger partial charge in [-0.3, -0.25) is 14.4 Å². The highest BCUT2D eigenvalue weighted by molar-refractivity contribution is 7.99. The minimum atomic E-state index is -0.703. The molecule has 0 radical (unpaired) electrons. The molecule has 3 aromatic heterocycles. The second kappa shape index (κ2) is 25.6. The van der Waals surface area contributed by atoms with Crippen molar-refractivity contribution < 1.29 is 33.3 Å². The predicted octanol–water partition coefficient (Wildman–Crippen LogP) is 5.54. The number of likely N-dealkylation sites (tertiary alicyclic amines) is 1. The molecule has 1 fully saturated rings. The average molecular weight is 969 g/mol. The number of amides is 2. The first kappa shape index (κ1) is 50.2. The summed E-state index contributed by atoms with van der Waals surface area (Å²) in [5.74, 6) is -1.19. The molecule has 18 nitrogen and oxygen atoms in total. The van der Waals surface area contributed by atoms with Crippen LogP contribution in [0.15, 0.2) is 101 Å². The Hall–Kier alpha value is -5.67. The molecule has 68 heavy (non-hydrogen) atoms. The van der Waals surface area contributed by atoms with Crippen LogP contribution in [-0.4, -0.2) is 141 Å². The van der Waals surface area contributed by atoms with Crippen LogP contribution in [-0.2, 0) is 48.2 Å². The smallest absolute Gasteiger partial charge is 0.270 e. The third-order valence-electron chi connectivity index (χ3n) is 11.6. The number of fused-ring (bicyclic) bond motifs is 1. The lowest BCUT2D eigenvalue weighted by molar-refractivity contribution is -0.145. The Labute approximate surface area is 404 Å². The third-order valence-corrected chi connectivity index (χ3v) is 13.0. The van der Waals surface area contributed by atoms with Gasteiger partial charge in [0, 0.05) is 40.4 Å². The van der Waals surface area contributed by atoms with Crippen molar-refractivity contribution in [3.05, 3.63) is 108 Å². The minimum Gasteiger partial charge on any atom is -0.377 e. The summed E-state index contributed by atoms with van der Waals surface area (Å²) in [6.07, 6.45) is 2.86. The van der Waals surface area contributed by atoms with Gasteiger partial charge in [-0.05, 0) is 85.6 Å². The molecule has 1 saturated heterocycles. The van der Waals surface area contributed by atoms with Crippen LogP contribution in [0.1, 0.15) is 49.3 Å². The van der Waals surface area contributed by atoms with E-state index in [4.69, 9.17) is 30.5 Å². The molecule has 0 spiro atoms. The molecule has 0 bridgehead atoms. The van der Waals surface area contributed by atoms with Gasteiger partial charge in [-0.1, -0.05) is 77.5 Å². The number of tetrazole rings is 1. The topological polar surface area (TPSA) is 203 Å². The van der Waals surface area contributed by atoms with E-state index in [1.165, 1.54) is 11.8 Å². The molecule has 2 N–H and O–H groups in total. The number of nitrogens with one attached hydrogen (secondary N) is 2. The SMILES string of the molecule is CN[C@@H](C)C(=O)C[C@H](C(=O)N1CCC[C@H]1Cn1nnnc1Sc1ccccc1)C(C)OCc1cn(CCOCCOCCOCCNC(=O)c2cc3ccccc3c(-c3ccccc3Cl)n2)nn1. The van der Waals surface area contributed by atoms with E-state index in [9.17, 15) is 14.4 Å². The van der Waals surface area contributed by atoms with Crippen LogP contribution < -0.4 is 10.6 Å². The van der Waals surface area contributed by atoms with Gasteiger partial charge in [-0.15, -0.1) is 10.2 Å². The lowest BCUT2D eigenvalue weighted by Crippen LogP contribution is -2.46. The second-order valence-electron chi connectivity index (χ2n) is 16.3. The largest absolute Gasteiger partial charge is 0.377 e. The number of benzene rings is 3. The number of carbonyl (C=O) groups is 3. The Morgan fingerprint density at radius 2 is 1.62 bits per heavy atom. The zero-order valence-electron chi connectivity index (χ0n) is 38.5. The average Bonchev–Trinajstić information content (AvgIpc) is 4.14. The summed E-state index contributed by atoms with van der Waals surface area (Å²) >= 11 is 7.95. The van der Waals surface area contributed by atoms with Gasteiger partial charge in [0.25, 0.3) is 5.91 Å². The molecule has 360 valence electrons. The quantitative estimate of drug-likeness (QED) is 0.0609. The fourth-order valence-electron chi connectivity index (χ4n) is 7.76. The van der Waals surface area contributed by atoms with E-state index in [2.05, 4.69) is 41.5 Å². The Balaban J connectivity index is 0.784. The molecule has 20 heteroatoms. The third kappa shape index (κ3) is 14.0. The van der Waals surface area contributed by atoms with Crippen LogP contribution in [0.25, 0.3) is 22.0 Å². The summed E-state index contributed by atoms with van der Waals surface area (Å²) in [5, 5.41) is 29.7. The van der Waals surface area contributed by atoms with Crippen LogP contribution in [0.4, 0.5) is 0 Å². The lowest BCUT2D eigenvalue weighted by Gasteiger charge is -2.31. The van der Waals surface area contributed by atoms with Gasteiger partial charge in [-0.25, -0.2) is 14.3 Å². The number of Topliss-reactive ketones (excluding diaryl/α,β-unsaturated/α-hetero) is 1. The zero-order valence-corrected chi connectivity index (χ0v) is 40.1. The Bertz CT molecular complexity index is 2570. The predicted molar refractivity (Wildman–Crippen MR) is 256 cm³/mol. The Morgan fingerprint density at radius 3 is 2.41 bits per heavy atom. The summed E-state index contributed by atoms with van der Waals surface area (Å²) in [5.41, 5.74) is 2.31. The molecule has 4 heterocycles. The maximum atomic E-state index is 14.3. The van der Waals surface area contributed by atoms with Crippen molar-refractivity contribution in [2.45, 2.75) is 81.0 Å². The Kier molecular flexibility index (Phi) is 18.9. The molecule has 7 rings (SSSR count). The molecular formula is C48H58ClN11O7S. The zero-order chi connectivity index (χ0) is 47.7. The van der Waals surface area contributed by atoms with Crippen LogP contribution >= 0.6 is 23.4 Å². The molecule has 4 atom stereocenters. The van der Waals surface area contributed by atoms with Gasteiger partial charge in [0.2, 0.25) is 11.1 Å². The van der Waals surface area contributed by atoms with Crippen molar-refractivity contribution in [1.82, 2.24) is 55.7 Å². The number of aromatic nitrogens is 8. The number of rotatable bonds is 27. The van der Waals surface area contributed by atoms with E-state index in [0.29, 0.717) is 93.1 Å². The molecule has 3 aromatic carbocycles. The van der Waals surface area contributed by atoms with E-state index in [1.807, 2.05) is 84.6 Å². The molecule has 6 aromatic rings. The summed E-state index contributed by atoms with van der Waals surface area (Å²) in [4.78, 5) is 48.1. The van der Waals surface area contributed by atoms with E-state index in [-0.39, 0.29) is 36.7 Å². The number of carbonyl (C=O) groups excluding carboxylic acids is 3. The number of pyridine rings is 1. The van der Waals surface area contributed by atoms with Crippen molar-refractivity contribution in [1.29, 1.82) is 0 Å². The summed E-state index contributed by atoms with van der Waals surface area (Å²) in [6, 6.07) is 26.3. The van der Waals surface area contributed by atoms with Crippen molar-refractivity contribution in [3.8, 4) is 11.3 Å². The van der Waals surface area contributed by atoms with Crippen molar-refractivity contribution in [2.24, 2.45) is 5.92 Å². The highest BCUT2D eigenvalue weighted by atomic mass is 35.5. The highest BCUT2D eigenvalue weighted by Gasteiger charge is 2.38. The van der Waals surface area contributed by atoms with Crippen molar-refractivity contribution in [2.75, 3.05) is 59.8 Å². The normalized spacial score (nSPS) is 15.1. The second-order valence-corrected chi connectivity index (χ2v) is 17.8. The standard InChI is InChI=1S/C48H58ClN11O7S/c1-33(50-3)44(61)29-41(47(63)59-20-11-13-37(59)31-60-48(54-55-57-60)68-38-14-5-4-6-15-38)34(2)67-32-36-30-58(56-53-36)21-23-65-25-27-66-26-24-64-22-19-51-46(62)43-28-35-12-7-8-16-39(35)45(52-43)40-17-9-10-18-42(40)49/h4-10,12,14-18,28,30,33-34,37,41,50H,11,13,19-27,29,31-32H2,1-3H3,(H,51,62)/t33-,34?,37-,41-/m0/s1. The van der Waals surface area contributed by atoms with Gasteiger partial charge in [0.15, 0.2) is 0 Å². The number of hydrogen-bond acceptors (Lipinski definition) is 15. The first-order chi connectivity index (χ1) is 33.2. The number of halogens is 1. The number of nitrogens with zero attached hydrogens (tertiary/aromatic N) is 9. The highest BCUT2D eigenvalue weighted by Crippen LogP contribution is 2.33. The van der Waals surface area contributed by atoms with E-state index >= 15 is 0 Å². The Morgan fingerprint density at radius 1 is 0.882 bits per heavy atom. The summed E-state index contributed by atoms with van der Waals surface area (Å²) < 4.78 is 26.7. The molecule has 2 amide bonds. The first-order valence-corrected chi connectivity index (χ1v) is 24.0. The minimum absolute atomic E-state index is 0.0325. The van der Waals surface area contributed by atoms with Gasteiger partial charge in [0.1, 0.15) is 17.2 Å². The summed E-state index contributed by atoms with van der Waals surface area (Å²) in [7, 11) is 1.73. The van der Waals surface area contributed by atoms with Gasteiger partial charge >= 0.3 is 0 Å². The number of hydrogen-bond donors (Lipinski definition) is 2. The van der Waals surface area contributed by atoms with E-state index in [0.717, 1.165) is 34.1 Å². The van der Waals surface area contributed by atoms with Crippen molar-refractivity contribution >= 4 is 51.7 Å². The first-order valence-electron chi connectivity index (χ1n) is 22.8. The fourth-order valence-corrected chi connectivity index (χ4v) is 8.79. The van der Waals surface area contributed by atoms with Crippen LogP contribution in [0.5, 0.6) is 0 Å². The van der Waals surface area contributed by atoms with E-state index < -0.39 is 18.1 Å². The molecule has 1 aliphatic rings. The molecule has 1 aliphatic heterocycles. The van der Waals surface area contributed by atoms with Crippen LogP contribution in [0.3, 0.4) is 0 Å². The monoisotopic (exact) mass is 967 g/mol. The summed E-state index contributed by atoms with van der Waals surface area (Å²) in [6.45, 7) is 7.74. The van der Waals surface area contributed by atoms with Crippen LogP contribution in [0.2, 0.25) is 5.02 Å². The lowest BCUT2D eigenvalue weighted by atomic mass is 9.92. The van der Waals surface area contributed by atoms with E-state index in [1.54, 1.807) is 41.7 Å². The molecule has 0 saturated carbocycles. The van der Waals surface area contributed by atoms with Crippen molar-refractivity contribution in [3.63, 3.8) is 0 Å². The molecular weight excluding hydrogens is 910 g/mol. The maximum Gasteiger partial charge on any atom is 0.270 e. The number of ketones is 1. The van der Waals surface area contributed by atoms with Gasteiger partial charge in [-0.2, -0.15) is 0 Å². The molecule has 0 aliphatic carbocycles. The maximum absolute atomic E-state index is 14.3. The molecule has 1 unspecified atom stereocenters. The fraction of sp³-hybridized carbons (Fsp3) is 0.438. The number of likely N-dealkylation sites (N-methyl/N-ethyl adjacent to an activating group) is 1.